The number of carbonyl (C=O) groups excluding carboxylic acids is 1. The van der Waals surface area contributed by atoms with Gasteiger partial charge in [0.05, 0.1) is 6.20 Å². The molecule has 1 heterocycles. The van der Waals surface area contributed by atoms with Gasteiger partial charge < -0.3 is 15.9 Å². The number of benzene rings is 1. The third-order valence-corrected chi connectivity index (χ3v) is 3.61. The summed E-state index contributed by atoms with van der Waals surface area (Å²) >= 11 is 1.25. The Balaban J connectivity index is 2.20. The number of hydrogen-bond donors (Lipinski definition) is 2. The molecule has 0 aliphatic rings. The SMILES string of the molecule is NC(=O)C(N)(CSc1ncco1)c1ccccc1. The number of carbonyl (C=O) groups is 1. The second-order valence-electron chi connectivity index (χ2n) is 3.79. The Hall–Kier alpha value is -1.79. The Morgan fingerprint density at radius 3 is 2.67 bits per heavy atom. The summed E-state index contributed by atoms with van der Waals surface area (Å²) in [4.78, 5) is 15.6. The lowest BCUT2D eigenvalue weighted by Crippen LogP contribution is -2.51. The molecule has 6 heteroatoms. The van der Waals surface area contributed by atoms with Crippen LogP contribution in [0.4, 0.5) is 0 Å². The summed E-state index contributed by atoms with van der Waals surface area (Å²) in [5.74, 6) is -0.305. The summed E-state index contributed by atoms with van der Waals surface area (Å²) in [5, 5.41) is 0.460. The fraction of sp³-hybridized carbons (Fsp3) is 0.167. The first-order chi connectivity index (χ1) is 8.63. The van der Waals surface area contributed by atoms with E-state index >= 15 is 0 Å². The molecule has 0 saturated heterocycles. The number of amides is 1. The summed E-state index contributed by atoms with van der Waals surface area (Å²) < 4.78 is 5.09. The monoisotopic (exact) mass is 263 g/mol. The first kappa shape index (κ1) is 12.7. The quantitative estimate of drug-likeness (QED) is 0.788. The molecule has 1 atom stereocenters. The van der Waals surface area contributed by atoms with Crippen molar-refractivity contribution in [3.63, 3.8) is 0 Å². The van der Waals surface area contributed by atoms with Crippen molar-refractivity contribution in [1.29, 1.82) is 0 Å². The van der Waals surface area contributed by atoms with Crippen molar-refractivity contribution < 1.29 is 9.21 Å². The van der Waals surface area contributed by atoms with Crippen LogP contribution in [0.5, 0.6) is 0 Å². The van der Waals surface area contributed by atoms with Crippen molar-refractivity contribution in [2.75, 3.05) is 5.75 Å². The predicted molar refractivity (Wildman–Crippen MR) is 68.7 cm³/mol. The number of thioether (sulfide) groups is 1. The number of nitrogens with two attached hydrogens (primary N) is 2. The second-order valence-corrected chi connectivity index (χ2v) is 4.71. The van der Waals surface area contributed by atoms with Crippen LogP contribution < -0.4 is 11.5 Å². The summed E-state index contributed by atoms with van der Waals surface area (Å²) in [5.41, 5.74) is 11.0. The van der Waals surface area contributed by atoms with Gasteiger partial charge in [-0.1, -0.05) is 42.1 Å². The maximum Gasteiger partial charge on any atom is 0.255 e. The molecule has 5 nitrogen and oxygen atoms in total. The van der Waals surface area contributed by atoms with E-state index in [1.807, 2.05) is 18.2 Å². The van der Waals surface area contributed by atoms with Gasteiger partial charge in [-0.3, -0.25) is 4.79 Å². The lowest BCUT2D eigenvalue weighted by molar-refractivity contribution is -0.122. The Morgan fingerprint density at radius 1 is 1.39 bits per heavy atom. The molecule has 0 aliphatic carbocycles. The van der Waals surface area contributed by atoms with E-state index in [2.05, 4.69) is 4.98 Å². The van der Waals surface area contributed by atoms with E-state index in [0.717, 1.165) is 0 Å². The van der Waals surface area contributed by atoms with Gasteiger partial charge in [0.25, 0.3) is 5.22 Å². The first-order valence-electron chi connectivity index (χ1n) is 5.29. The largest absolute Gasteiger partial charge is 0.440 e. The molecule has 1 aromatic carbocycles. The highest BCUT2D eigenvalue weighted by Gasteiger charge is 2.34. The minimum Gasteiger partial charge on any atom is -0.440 e. The smallest absolute Gasteiger partial charge is 0.255 e. The minimum absolute atomic E-state index is 0.271. The fourth-order valence-corrected chi connectivity index (χ4v) is 2.41. The zero-order valence-corrected chi connectivity index (χ0v) is 10.4. The molecule has 1 unspecified atom stereocenters. The molecule has 0 fully saturated rings. The Morgan fingerprint density at radius 2 is 2.11 bits per heavy atom. The molecule has 1 amide bonds. The van der Waals surface area contributed by atoms with Gasteiger partial charge in [-0.2, -0.15) is 0 Å². The number of nitrogens with zero attached hydrogens (tertiary/aromatic N) is 1. The molecule has 0 saturated carbocycles. The van der Waals surface area contributed by atoms with Gasteiger partial charge in [0.2, 0.25) is 5.91 Å². The van der Waals surface area contributed by atoms with Crippen molar-refractivity contribution in [3.8, 4) is 0 Å². The normalized spacial score (nSPS) is 14.1. The maximum atomic E-state index is 11.6. The lowest BCUT2D eigenvalue weighted by Gasteiger charge is -2.25. The summed E-state index contributed by atoms with van der Waals surface area (Å²) in [6.45, 7) is 0. The highest BCUT2D eigenvalue weighted by molar-refractivity contribution is 7.99. The number of primary amides is 1. The molecule has 0 bridgehead atoms. The zero-order valence-electron chi connectivity index (χ0n) is 9.58. The van der Waals surface area contributed by atoms with Crippen LogP contribution in [-0.2, 0) is 10.3 Å². The van der Waals surface area contributed by atoms with E-state index in [0.29, 0.717) is 10.8 Å². The lowest BCUT2D eigenvalue weighted by atomic mass is 9.92. The van der Waals surface area contributed by atoms with Crippen LogP contribution in [0.2, 0.25) is 0 Å². The van der Waals surface area contributed by atoms with E-state index in [1.165, 1.54) is 24.2 Å². The average Bonchev–Trinajstić information content (AvgIpc) is 2.90. The standard InChI is InChI=1S/C12H13N3O2S/c13-10(16)12(14,9-4-2-1-3-5-9)8-18-11-15-6-7-17-11/h1-7H,8,14H2,(H2,13,16). The molecule has 0 radical (unpaired) electrons. The topological polar surface area (TPSA) is 95.1 Å². The van der Waals surface area contributed by atoms with Gasteiger partial charge in [-0.15, -0.1) is 0 Å². The number of hydrogen-bond acceptors (Lipinski definition) is 5. The molecule has 4 N–H and O–H groups in total. The van der Waals surface area contributed by atoms with Crippen LogP contribution in [0.1, 0.15) is 5.56 Å². The second kappa shape index (κ2) is 5.24. The van der Waals surface area contributed by atoms with Gasteiger partial charge in [0, 0.05) is 5.75 Å². The van der Waals surface area contributed by atoms with Crippen molar-refractivity contribution in [2.24, 2.45) is 11.5 Å². The van der Waals surface area contributed by atoms with Crippen LogP contribution in [0, 0.1) is 0 Å². The molecular weight excluding hydrogens is 250 g/mol. The zero-order chi connectivity index (χ0) is 13.0. The highest BCUT2D eigenvalue weighted by Crippen LogP contribution is 2.26. The van der Waals surface area contributed by atoms with Crippen LogP contribution in [-0.4, -0.2) is 16.6 Å². The van der Waals surface area contributed by atoms with Crippen LogP contribution in [0.3, 0.4) is 0 Å². The summed E-state index contributed by atoms with van der Waals surface area (Å²) in [6.07, 6.45) is 3.00. The van der Waals surface area contributed by atoms with Crippen molar-refractivity contribution >= 4 is 17.7 Å². The van der Waals surface area contributed by atoms with Crippen molar-refractivity contribution in [2.45, 2.75) is 10.8 Å². The van der Waals surface area contributed by atoms with Crippen molar-refractivity contribution in [1.82, 2.24) is 4.98 Å². The first-order valence-corrected chi connectivity index (χ1v) is 6.28. The predicted octanol–water partition coefficient (Wildman–Crippen LogP) is 1.11. The Labute approximate surface area is 109 Å². The third-order valence-electron chi connectivity index (χ3n) is 2.56. The molecular formula is C12H13N3O2S. The number of oxazole rings is 1. The molecule has 18 heavy (non-hydrogen) atoms. The molecule has 0 aliphatic heterocycles. The summed E-state index contributed by atoms with van der Waals surface area (Å²) in [7, 11) is 0. The molecule has 1 aromatic heterocycles. The number of rotatable bonds is 5. The van der Waals surface area contributed by atoms with E-state index in [4.69, 9.17) is 15.9 Å². The minimum atomic E-state index is -1.24. The molecule has 0 spiro atoms. The van der Waals surface area contributed by atoms with Gasteiger partial charge in [-0.25, -0.2) is 4.98 Å². The van der Waals surface area contributed by atoms with Crippen LogP contribution >= 0.6 is 11.8 Å². The van der Waals surface area contributed by atoms with Crippen LogP contribution in [0.15, 0.2) is 52.4 Å². The number of aromatic nitrogens is 1. The Kier molecular flexibility index (Phi) is 3.69. The van der Waals surface area contributed by atoms with Gasteiger partial charge in [-0.05, 0) is 5.56 Å². The van der Waals surface area contributed by atoms with Gasteiger partial charge in [0.1, 0.15) is 11.8 Å². The van der Waals surface area contributed by atoms with E-state index < -0.39 is 11.4 Å². The maximum absolute atomic E-state index is 11.6. The van der Waals surface area contributed by atoms with E-state index in [-0.39, 0.29) is 5.75 Å². The molecule has 94 valence electrons. The summed E-state index contributed by atoms with van der Waals surface area (Å²) in [6, 6.07) is 9.04. The Bertz CT molecular complexity index is 515. The average molecular weight is 263 g/mol. The molecule has 2 rings (SSSR count). The fourth-order valence-electron chi connectivity index (χ4n) is 1.49. The highest BCUT2D eigenvalue weighted by atomic mass is 32.2. The third kappa shape index (κ3) is 2.55. The van der Waals surface area contributed by atoms with Crippen molar-refractivity contribution in [3.05, 3.63) is 48.4 Å². The van der Waals surface area contributed by atoms with Gasteiger partial charge >= 0.3 is 0 Å². The van der Waals surface area contributed by atoms with E-state index in [9.17, 15) is 4.79 Å². The van der Waals surface area contributed by atoms with E-state index in [1.54, 1.807) is 12.1 Å². The van der Waals surface area contributed by atoms with Crippen LogP contribution in [0.25, 0.3) is 0 Å². The van der Waals surface area contributed by atoms with Gasteiger partial charge in [0.15, 0.2) is 0 Å². The molecule has 2 aromatic rings.